The summed E-state index contributed by atoms with van der Waals surface area (Å²) in [6.07, 6.45) is 98.1. The molecule has 0 amide bonds. The third-order valence-corrected chi connectivity index (χ3v) is 20.4. The molecule has 0 aliphatic heterocycles. The highest BCUT2D eigenvalue weighted by Crippen LogP contribution is 2.43. The lowest BCUT2D eigenvalue weighted by atomic mass is 10.0. The molecule has 9 nitrogen and oxygen atoms in total. The van der Waals surface area contributed by atoms with E-state index >= 15 is 0 Å². The standard InChI is InChI=1S/C82H162NO8P/c1-3-5-7-9-11-13-15-17-19-21-23-25-27-29-31-33-35-37-38-39-40-41-42-43-45-47-49-51-53-55-57-59-61-63-65-67-69-71-73-75-82(85)91-80(79-90-92(86,87)89-77-76-83)78-88-81(84)74-72-70-68-66-64-62-60-58-56-54-52-50-48-46-44-36-34-32-30-28-26-24-22-20-18-16-14-12-10-8-6-4-2/h21,23,80H,3-20,22,24-79,83H2,1-2H3,(H,86,87)/b23-21-. The molecule has 548 valence electrons. The number of carbonyl (C=O) groups excluding carboxylic acids is 2. The first kappa shape index (κ1) is 90.8. The minimum atomic E-state index is -4.39. The number of carbonyl (C=O) groups is 2. The number of esters is 2. The average molecular weight is 1320 g/mol. The number of rotatable bonds is 81. The monoisotopic (exact) mass is 1320 g/mol. The lowest BCUT2D eigenvalue weighted by Gasteiger charge is -2.19. The summed E-state index contributed by atoms with van der Waals surface area (Å²) < 4.78 is 33.3. The van der Waals surface area contributed by atoms with Crippen LogP contribution in [0.4, 0.5) is 0 Å². The molecule has 0 heterocycles. The van der Waals surface area contributed by atoms with Crippen LogP contribution in [0.2, 0.25) is 0 Å². The number of nitrogens with two attached hydrogens (primary N) is 1. The number of hydrogen-bond acceptors (Lipinski definition) is 8. The molecule has 0 aromatic rings. The topological polar surface area (TPSA) is 134 Å². The molecule has 0 radical (unpaired) electrons. The summed E-state index contributed by atoms with van der Waals surface area (Å²) >= 11 is 0. The van der Waals surface area contributed by atoms with Crippen molar-refractivity contribution in [2.24, 2.45) is 5.73 Å². The Balaban J connectivity index is 3.71. The maximum Gasteiger partial charge on any atom is 0.472 e. The Morgan fingerprint density at radius 1 is 0.315 bits per heavy atom. The van der Waals surface area contributed by atoms with Crippen molar-refractivity contribution in [1.29, 1.82) is 0 Å². The van der Waals surface area contributed by atoms with Gasteiger partial charge in [0.2, 0.25) is 0 Å². The number of phosphoric ester groups is 1. The molecule has 3 N–H and O–H groups in total. The van der Waals surface area contributed by atoms with Crippen LogP contribution >= 0.6 is 7.82 Å². The van der Waals surface area contributed by atoms with Gasteiger partial charge in [-0.05, 0) is 38.5 Å². The van der Waals surface area contributed by atoms with Crippen LogP contribution in [0.1, 0.15) is 470 Å². The number of allylic oxidation sites excluding steroid dienone is 2. The molecule has 0 aromatic carbocycles. The third kappa shape index (κ3) is 77.8. The Kier molecular flexibility index (Phi) is 77.7. The van der Waals surface area contributed by atoms with Crippen LogP contribution in [0.3, 0.4) is 0 Å². The van der Waals surface area contributed by atoms with Gasteiger partial charge in [0.15, 0.2) is 6.10 Å². The quantitative estimate of drug-likeness (QED) is 0.0264. The van der Waals surface area contributed by atoms with Crippen LogP contribution in [0.15, 0.2) is 12.2 Å². The van der Waals surface area contributed by atoms with Crippen LogP contribution in [-0.4, -0.2) is 49.3 Å². The second-order valence-corrected chi connectivity index (χ2v) is 30.2. The van der Waals surface area contributed by atoms with Gasteiger partial charge in [-0.3, -0.25) is 18.6 Å². The molecule has 92 heavy (non-hydrogen) atoms. The van der Waals surface area contributed by atoms with E-state index in [1.54, 1.807) is 0 Å². The van der Waals surface area contributed by atoms with E-state index in [9.17, 15) is 19.0 Å². The Hall–Kier alpha value is -1.25. The van der Waals surface area contributed by atoms with E-state index in [1.807, 2.05) is 0 Å². The summed E-state index contributed by atoms with van der Waals surface area (Å²) in [7, 11) is -4.39. The molecule has 10 heteroatoms. The lowest BCUT2D eigenvalue weighted by Crippen LogP contribution is -2.29. The van der Waals surface area contributed by atoms with Crippen molar-refractivity contribution in [3.05, 3.63) is 12.2 Å². The van der Waals surface area contributed by atoms with Crippen molar-refractivity contribution >= 4 is 19.8 Å². The highest BCUT2D eigenvalue weighted by molar-refractivity contribution is 7.47. The van der Waals surface area contributed by atoms with Crippen LogP contribution in [0.25, 0.3) is 0 Å². The largest absolute Gasteiger partial charge is 0.472 e. The zero-order valence-electron chi connectivity index (χ0n) is 62.1. The Bertz CT molecular complexity index is 1510. The third-order valence-electron chi connectivity index (χ3n) is 19.4. The summed E-state index contributed by atoms with van der Waals surface area (Å²) in [6.45, 7) is 3.85. The van der Waals surface area contributed by atoms with E-state index < -0.39 is 26.5 Å². The van der Waals surface area contributed by atoms with Gasteiger partial charge in [0.05, 0.1) is 13.2 Å². The number of hydrogen-bond donors (Lipinski definition) is 2. The highest BCUT2D eigenvalue weighted by Gasteiger charge is 2.26. The molecule has 0 aromatic heterocycles. The second kappa shape index (κ2) is 78.7. The normalized spacial score (nSPS) is 12.8. The molecule has 0 bridgehead atoms. The van der Waals surface area contributed by atoms with Gasteiger partial charge in [-0.2, -0.15) is 0 Å². The smallest absolute Gasteiger partial charge is 0.462 e. The Labute approximate surface area is 574 Å². The predicted molar refractivity (Wildman–Crippen MR) is 400 cm³/mol. The van der Waals surface area contributed by atoms with Crippen LogP contribution < -0.4 is 5.73 Å². The summed E-state index contributed by atoms with van der Waals surface area (Å²) in [6, 6.07) is 0. The highest BCUT2D eigenvalue weighted by atomic mass is 31.2. The van der Waals surface area contributed by atoms with Crippen LogP contribution in [0.5, 0.6) is 0 Å². The van der Waals surface area contributed by atoms with Crippen molar-refractivity contribution in [2.45, 2.75) is 476 Å². The summed E-state index contributed by atoms with van der Waals surface area (Å²) in [5.41, 5.74) is 5.42. The van der Waals surface area contributed by atoms with Gasteiger partial charge < -0.3 is 20.1 Å². The first-order valence-corrected chi connectivity index (χ1v) is 43.2. The van der Waals surface area contributed by atoms with Gasteiger partial charge in [-0.25, -0.2) is 4.57 Å². The summed E-state index contributed by atoms with van der Waals surface area (Å²) in [5.74, 6) is -0.795. The van der Waals surface area contributed by atoms with Crippen molar-refractivity contribution in [3.63, 3.8) is 0 Å². The average Bonchev–Trinajstić information content (AvgIpc) is 3.08. The van der Waals surface area contributed by atoms with Gasteiger partial charge in [0.1, 0.15) is 6.61 Å². The fourth-order valence-electron chi connectivity index (χ4n) is 13.2. The summed E-state index contributed by atoms with van der Waals surface area (Å²) in [5, 5.41) is 0. The van der Waals surface area contributed by atoms with Crippen LogP contribution in [-0.2, 0) is 32.7 Å². The fourth-order valence-corrected chi connectivity index (χ4v) is 14.0. The zero-order chi connectivity index (χ0) is 66.5. The maximum absolute atomic E-state index is 12.8. The van der Waals surface area contributed by atoms with E-state index in [-0.39, 0.29) is 38.6 Å². The van der Waals surface area contributed by atoms with E-state index in [0.29, 0.717) is 6.42 Å². The molecule has 0 saturated heterocycles. The lowest BCUT2D eigenvalue weighted by molar-refractivity contribution is -0.161. The zero-order valence-corrected chi connectivity index (χ0v) is 63.0. The van der Waals surface area contributed by atoms with Crippen molar-refractivity contribution in [2.75, 3.05) is 26.4 Å². The maximum atomic E-state index is 12.8. The molecule has 2 atom stereocenters. The van der Waals surface area contributed by atoms with Gasteiger partial charge in [0.25, 0.3) is 0 Å². The Morgan fingerprint density at radius 3 is 0.772 bits per heavy atom. The van der Waals surface area contributed by atoms with Crippen molar-refractivity contribution < 1.29 is 37.6 Å². The molecule has 0 aliphatic rings. The van der Waals surface area contributed by atoms with Crippen molar-refractivity contribution in [3.8, 4) is 0 Å². The van der Waals surface area contributed by atoms with Gasteiger partial charge in [0, 0.05) is 19.4 Å². The first-order chi connectivity index (χ1) is 45.3. The number of phosphoric acid groups is 1. The Morgan fingerprint density at radius 2 is 0.533 bits per heavy atom. The molecular formula is C82H162NO8P. The van der Waals surface area contributed by atoms with E-state index in [2.05, 4.69) is 26.0 Å². The molecule has 0 fully saturated rings. The number of ether oxygens (including phenoxy) is 2. The molecule has 0 rings (SSSR count). The molecular weight excluding hydrogens is 1160 g/mol. The molecule has 2 unspecified atom stereocenters. The molecule has 0 saturated carbocycles. The van der Waals surface area contributed by atoms with Crippen molar-refractivity contribution in [1.82, 2.24) is 0 Å². The van der Waals surface area contributed by atoms with E-state index in [1.165, 1.54) is 405 Å². The van der Waals surface area contributed by atoms with Gasteiger partial charge in [-0.1, -0.05) is 431 Å². The second-order valence-electron chi connectivity index (χ2n) is 28.7. The first-order valence-electron chi connectivity index (χ1n) is 41.7. The summed E-state index contributed by atoms with van der Waals surface area (Å²) in [4.78, 5) is 35.5. The molecule has 0 aliphatic carbocycles. The number of unbranched alkanes of at least 4 members (excludes halogenated alkanes) is 66. The predicted octanol–water partition coefficient (Wildman–Crippen LogP) is 27.8. The van der Waals surface area contributed by atoms with Crippen LogP contribution in [0, 0.1) is 0 Å². The fraction of sp³-hybridized carbons (Fsp3) is 0.951. The minimum absolute atomic E-state index is 0.0584. The molecule has 0 spiro atoms. The SMILES string of the molecule is CCCCCCCCCC/C=C\CCCCCCCCCCCCCCCCCCCCCCCCCCCCCC(=O)OC(COC(=O)CCCCCCCCCCCCCCCCCCCCCCCCCCCCCCCCCC)COP(=O)(O)OCCN. The van der Waals surface area contributed by atoms with Gasteiger partial charge >= 0.3 is 19.8 Å². The minimum Gasteiger partial charge on any atom is -0.462 e. The van der Waals surface area contributed by atoms with Gasteiger partial charge in [-0.15, -0.1) is 0 Å². The van der Waals surface area contributed by atoms with E-state index in [4.69, 9.17) is 24.3 Å². The van der Waals surface area contributed by atoms with E-state index in [0.717, 1.165) is 32.1 Å².